The summed E-state index contributed by atoms with van der Waals surface area (Å²) in [6.45, 7) is 7.69. The highest BCUT2D eigenvalue weighted by Gasteiger charge is 2.23. The minimum atomic E-state index is 0.544. The third kappa shape index (κ3) is 3.11. The Balaban J connectivity index is 2.03. The lowest BCUT2D eigenvalue weighted by Gasteiger charge is -2.35. The lowest BCUT2D eigenvalue weighted by atomic mass is 9.88. The maximum atomic E-state index is 6.14. The summed E-state index contributed by atoms with van der Waals surface area (Å²) in [6, 6.07) is 3.57. The van der Waals surface area contributed by atoms with Crippen molar-refractivity contribution in [2.45, 2.75) is 26.8 Å². The summed E-state index contributed by atoms with van der Waals surface area (Å²) in [4.78, 5) is 6.73. The molecule has 1 aromatic heterocycles. The molecule has 0 aromatic carbocycles. The van der Waals surface area contributed by atoms with Crippen LogP contribution in [0.2, 0.25) is 5.02 Å². The van der Waals surface area contributed by atoms with Gasteiger partial charge in [0.15, 0.2) is 0 Å². The zero-order valence-electron chi connectivity index (χ0n) is 10.5. The minimum Gasteiger partial charge on any atom is -0.384 e. The highest BCUT2D eigenvalue weighted by molar-refractivity contribution is 6.31. The van der Waals surface area contributed by atoms with Gasteiger partial charge in [0.1, 0.15) is 5.82 Å². The van der Waals surface area contributed by atoms with Gasteiger partial charge in [-0.05, 0) is 36.9 Å². The molecule has 0 radical (unpaired) electrons. The number of anilines is 1. The Hall–Kier alpha value is -0.800. The van der Waals surface area contributed by atoms with Gasteiger partial charge in [-0.3, -0.25) is 4.90 Å². The van der Waals surface area contributed by atoms with Crippen LogP contribution in [0.15, 0.2) is 12.1 Å². The Morgan fingerprint density at radius 3 is 2.88 bits per heavy atom. The Labute approximate surface area is 108 Å². The van der Waals surface area contributed by atoms with Crippen LogP contribution in [0.5, 0.6) is 0 Å². The maximum Gasteiger partial charge on any atom is 0.123 e. The predicted molar refractivity (Wildman–Crippen MR) is 71.9 cm³/mol. The topological polar surface area (TPSA) is 42.2 Å². The van der Waals surface area contributed by atoms with E-state index in [0.717, 1.165) is 37.2 Å². The van der Waals surface area contributed by atoms with Crippen molar-refractivity contribution in [3.05, 3.63) is 22.8 Å². The van der Waals surface area contributed by atoms with Gasteiger partial charge in [-0.2, -0.15) is 0 Å². The molecule has 0 saturated carbocycles. The molecule has 1 aliphatic heterocycles. The second kappa shape index (κ2) is 5.23. The zero-order chi connectivity index (χ0) is 12.4. The highest BCUT2D eigenvalue weighted by atomic mass is 35.5. The van der Waals surface area contributed by atoms with Gasteiger partial charge < -0.3 is 5.73 Å². The fourth-order valence-electron chi connectivity index (χ4n) is 2.32. The fraction of sp³-hybridized carbons (Fsp3) is 0.615. The number of piperidine rings is 1. The summed E-state index contributed by atoms with van der Waals surface area (Å²) in [5.74, 6) is 2.10. The molecule has 2 rings (SSSR count). The van der Waals surface area contributed by atoms with E-state index in [-0.39, 0.29) is 0 Å². The molecule has 4 heteroatoms. The van der Waals surface area contributed by atoms with Crippen molar-refractivity contribution in [1.82, 2.24) is 9.88 Å². The molecule has 2 N–H and O–H groups in total. The molecule has 17 heavy (non-hydrogen) atoms. The maximum absolute atomic E-state index is 6.14. The molecule has 2 atom stereocenters. The zero-order valence-corrected chi connectivity index (χ0v) is 11.2. The third-order valence-electron chi connectivity index (χ3n) is 3.73. The molecule has 1 saturated heterocycles. The van der Waals surface area contributed by atoms with Crippen LogP contribution in [0, 0.1) is 11.8 Å². The molecule has 1 fully saturated rings. The quantitative estimate of drug-likeness (QED) is 0.881. The molecule has 94 valence electrons. The van der Waals surface area contributed by atoms with Crippen molar-refractivity contribution in [1.29, 1.82) is 0 Å². The summed E-state index contributed by atoms with van der Waals surface area (Å²) in [7, 11) is 0. The monoisotopic (exact) mass is 253 g/mol. The molecule has 0 bridgehead atoms. The third-order valence-corrected chi connectivity index (χ3v) is 4.08. The number of nitrogen functional groups attached to an aromatic ring is 1. The van der Waals surface area contributed by atoms with Crippen LogP contribution < -0.4 is 5.73 Å². The predicted octanol–water partition coefficient (Wildman–Crippen LogP) is 2.80. The molecule has 2 heterocycles. The van der Waals surface area contributed by atoms with E-state index >= 15 is 0 Å². The van der Waals surface area contributed by atoms with E-state index in [1.807, 2.05) is 6.07 Å². The van der Waals surface area contributed by atoms with Gasteiger partial charge in [0.2, 0.25) is 0 Å². The second-order valence-corrected chi connectivity index (χ2v) is 5.55. The largest absolute Gasteiger partial charge is 0.384 e. The van der Waals surface area contributed by atoms with Crippen molar-refractivity contribution in [2.75, 3.05) is 18.8 Å². The Morgan fingerprint density at radius 2 is 2.18 bits per heavy atom. The first-order valence-corrected chi connectivity index (χ1v) is 6.57. The SMILES string of the molecule is CC1CCN(Cc2nc(N)ccc2Cl)CC1C. The van der Waals surface area contributed by atoms with E-state index in [1.165, 1.54) is 6.42 Å². The van der Waals surface area contributed by atoms with Gasteiger partial charge in [-0.25, -0.2) is 4.98 Å². The minimum absolute atomic E-state index is 0.544. The van der Waals surface area contributed by atoms with Gasteiger partial charge in [-0.1, -0.05) is 25.4 Å². The number of likely N-dealkylation sites (tertiary alicyclic amines) is 1. The van der Waals surface area contributed by atoms with Crippen molar-refractivity contribution in [3.8, 4) is 0 Å². The normalized spacial score (nSPS) is 26.1. The summed E-state index contributed by atoms with van der Waals surface area (Å²) in [5.41, 5.74) is 6.59. The molecular formula is C13H20ClN3. The smallest absolute Gasteiger partial charge is 0.123 e. The summed E-state index contributed by atoms with van der Waals surface area (Å²) >= 11 is 6.14. The van der Waals surface area contributed by atoms with E-state index in [9.17, 15) is 0 Å². The molecule has 2 unspecified atom stereocenters. The van der Waals surface area contributed by atoms with Crippen LogP contribution in [-0.2, 0) is 6.54 Å². The first-order valence-electron chi connectivity index (χ1n) is 6.19. The molecule has 0 spiro atoms. The summed E-state index contributed by atoms with van der Waals surface area (Å²) in [6.07, 6.45) is 1.25. The van der Waals surface area contributed by atoms with Crippen molar-refractivity contribution in [2.24, 2.45) is 11.8 Å². The number of rotatable bonds is 2. The average molecular weight is 254 g/mol. The first kappa shape index (κ1) is 12.7. The van der Waals surface area contributed by atoms with Crippen LogP contribution >= 0.6 is 11.6 Å². The number of halogens is 1. The number of hydrogen-bond acceptors (Lipinski definition) is 3. The van der Waals surface area contributed by atoms with Gasteiger partial charge in [0.05, 0.1) is 10.7 Å². The lowest BCUT2D eigenvalue weighted by molar-refractivity contribution is 0.131. The Morgan fingerprint density at radius 1 is 1.41 bits per heavy atom. The lowest BCUT2D eigenvalue weighted by Crippen LogP contribution is -2.38. The van der Waals surface area contributed by atoms with E-state index < -0.39 is 0 Å². The van der Waals surface area contributed by atoms with E-state index in [4.69, 9.17) is 17.3 Å². The number of pyridine rings is 1. The Kier molecular flexibility index (Phi) is 3.89. The summed E-state index contributed by atoms with van der Waals surface area (Å²) in [5, 5.41) is 0.713. The second-order valence-electron chi connectivity index (χ2n) is 5.14. The number of nitrogens with zero attached hydrogens (tertiary/aromatic N) is 2. The van der Waals surface area contributed by atoms with Gasteiger partial charge in [-0.15, -0.1) is 0 Å². The average Bonchev–Trinajstić information content (AvgIpc) is 2.29. The Bertz CT molecular complexity index is 394. The molecule has 0 aliphatic carbocycles. The van der Waals surface area contributed by atoms with E-state index in [0.29, 0.717) is 10.8 Å². The van der Waals surface area contributed by atoms with Crippen LogP contribution in [0.3, 0.4) is 0 Å². The fourth-order valence-corrected chi connectivity index (χ4v) is 2.48. The van der Waals surface area contributed by atoms with Crippen molar-refractivity contribution < 1.29 is 0 Å². The van der Waals surface area contributed by atoms with Crippen LogP contribution in [0.4, 0.5) is 5.82 Å². The molecule has 3 nitrogen and oxygen atoms in total. The molecule has 1 aliphatic rings. The van der Waals surface area contributed by atoms with Gasteiger partial charge in [0.25, 0.3) is 0 Å². The highest BCUT2D eigenvalue weighted by Crippen LogP contribution is 2.25. The molecular weight excluding hydrogens is 234 g/mol. The molecule has 1 aromatic rings. The summed E-state index contributed by atoms with van der Waals surface area (Å²) < 4.78 is 0. The first-order chi connectivity index (χ1) is 8.06. The van der Waals surface area contributed by atoms with Gasteiger partial charge in [0, 0.05) is 13.1 Å². The van der Waals surface area contributed by atoms with Crippen molar-refractivity contribution >= 4 is 17.4 Å². The number of nitrogens with two attached hydrogens (primary N) is 1. The van der Waals surface area contributed by atoms with Crippen LogP contribution in [0.25, 0.3) is 0 Å². The van der Waals surface area contributed by atoms with Crippen LogP contribution in [-0.4, -0.2) is 23.0 Å². The standard InChI is InChI=1S/C13H20ClN3/c1-9-5-6-17(7-10(9)2)8-12-11(14)3-4-13(15)16-12/h3-4,9-10H,5-8H2,1-2H3,(H2,15,16). The van der Waals surface area contributed by atoms with E-state index in [1.54, 1.807) is 6.07 Å². The van der Waals surface area contributed by atoms with Crippen molar-refractivity contribution in [3.63, 3.8) is 0 Å². The number of aromatic nitrogens is 1. The number of hydrogen-bond donors (Lipinski definition) is 1. The van der Waals surface area contributed by atoms with Gasteiger partial charge >= 0.3 is 0 Å². The van der Waals surface area contributed by atoms with E-state index in [2.05, 4.69) is 23.7 Å². The molecule has 0 amide bonds. The van der Waals surface area contributed by atoms with Crippen LogP contribution in [0.1, 0.15) is 26.0 Å².